The van der Waals surface area contributed by atoms with Gasteiger partial charge in [0, 0.05) is 49.4 Å². The van der Waals surface area contributed by atoms with Crippen molar-refractivity contribution in [1.82, 2.24) is 19.6 Å². The molecule has 0 saturated carbocycles. The van der Waals surface area contributed by atoms with Crippen molar-refractivity contribution in [3.05, 3.63) is 78.0 Å². The van der Waals surface area contributed by atoms with Crippen molar-refractivity contribution in [2.45, 2.75) is 26.1 Å². The Bertz CT molecular complexity index is 1100. The second kappa shape index (κ2) is 8.09. The zero-order valence-corrected chi connectivity index (χ0v) is 17.7. The number of nitrogens with zero attached hydrogens (tertiary/aromatic N) is 4. The van der Waals surface area contributed by atoms with Crippen molar-refractivity contribution in [3.8, 4) is 11.5 Å². The smallest absolute Gasteiger partial charge is 0.156 e. The zero-order valence-electron chi connectivity index (χ0n) is 17.7. The van der Waals surface area contributed by atoms with E-state index in [2.05, 4.69) is 66.4 Å². The zero-order chi connectivity index (χ0) is 20.5. The third-order valence-electron chi connectivity index (χ3n) is 6.12. The van der Waals surface area contributed by atoms with E-state index >= 15 is 0 Å². The molecule has 5 heteroatoms. The van der Waals surface area contributed by atoms with Gasteiger partial charge in [-0.2, -0.15) is 5.10 Å². The lowest BCUT2D eigenvalue weighted by molar-refractivity contribution is 0.100. The molecule has 0 bridgehead atoms. The van der Waals surface area contributed by atoms with Crippen LogP contribution in [0.15, 0.2) is 71.3 Å². The standard InChI is InChI=1S/C25H28N4O/c1-19-15-28(13-12-27(19)2)17-22-18-29(16-20-8-4-3-5-9-20)26-25(22)24-14-21-10-6-7-11-23(21)30-24/h3-11,14,18-19H,12-13,15-17H2,1-2H3/t19-/m0/s1. The van der Waals surface area contributed by atoms with E-state index in [4.69, 9.17) is 9.52 Å². The van der Waals surface area contributed by atoms with E-state index < -0.39 is 0 Å². The van der Waals surface area contributed by atoms with Crippen LogP contribution in [0.5, 0.6) is 0 Å². The molecule has 30 heavy (non-hydrogen) atoms. The van der Waals surface area contributed by atoms with Crippen molar-refractivity contribution in [2.24, 2.45) is 0 Å². The van der Waals surface area contributed by atoms with Gasteiger partial charge in [0.25, 0.3) is 0 Å². The Kier molecular flexibility index (Phi) is 5.15. The highest BCUT2D eigenvalue weighted by Gasteiger charge is 2.23. The predicted octanol–water partition coefficient (Wildman–Crippen LogP) is 4.48. The molecule has 0 unspecified atom stereocenters. The van der Waals surface area contributed by atoms with Crippen molar-refractivity contribution >= 4 is 11.0 Å². The summed E-state index contributed by atoms with van der Waals surface area (Å²) in [6.45, 7) is 7.18. The Balaban J connectivity index is 1.48. The average Bonchev–Trinajstić information content (AvgIpc) is 3.35. The van der Waals surface area contributed by atoms with Gasteiger partial charge in [-0.25, -0.2) is 0 Å². The molecule has 1 aliphatic rings. The van der Waals surface area contributed by atoms with Crippen molar-refractivity contribution < 1.29 is 4.42 Å². The van der Waals surface area contributed by atoms with E-state index in [0.717, 1.165) is 55.1 Å². The van der Waals surface area contributed by atoms with Crippen LogP contribution in [0.4, 0.5) is 0 Å². The van der Waals surface area contributed by atoms with Gasteiger partial charge in [-0.15, -0.1) is 0 Å². The highest BCUT2D eigenvalue weighted by molar-refractivity contribution is 5.82. The lowest BCUT2D eigenvalue weighted by Gasteiger charge is -2.37. The van der Waals surface area contributed by atoms with E-state index in [9.17, 15) is 0 Å². The van der Waals surface area contributed by atoms with Gasteiger partial charge in [0.15, 0.2) is 5.76 Å². The molecule has 5 rings (SSSR count). The van der Waals surface area contributed by atoms with E-state index in [1.165, 1.54) is 11.1 Å². The summed E-state index contributed by atoms with van der Waals surface area (Å²) < 4.78 is 8.23. The van der Waals surface area contributed by atoms with Crippen LogP contribution < -0.4 is 0 Å². The summed E-state index contributed by atoms with van der Waals surface area (Å²) in [5.41, 5.74) is 4.33. The molecule has 5 nitrogen and oxygen atoms in total. The van der Waals surface area contributed by atoms with E-state index in [1.54, 1.807) is 0 Å². The summed E-state index contributed by atoms with van der Waals surface area (Å²) >= 11 is 0. The molecule has 0 spiro atoms. The van der Waals surface area contributed by atoms with Gasteiger partial charge >= 0.3 is 0 Å². The summed E-state index contributed by atoms with van der Waals surface area (Å²) in [6, 6.07) is 21.3. The van der Waals surface area contributed by atoms with Crippen LogP contribution in [0.1, 0.15) is 18.1 Å². The maximum atomic E-state index is 6.18. The summed E-state index contributed by atoms with van der Waals surface area (Å²) in [5, 5.41) is 6.07. The molecule has 154 valence electrons. The van der Waals surface area contributed by atoms with Crippen LogP contribution in [0, 0.1) is 0 Å². The number of rotatable bonds is 5. The molecule has 0 radical (unpaired) electrons. The van der Waals surface area contributed by atoms with Crippen LogP contribution in [0.25, 0.3) is 22.4 Å². The first-order valence-corrected chi connectivity index (χ1v) is 10.7. The Morgan fingerprint density at radius 3 is 2.60 bits per heavy atom. The average molecular weight is 401 g/mol. The van der Waals surface area contributed by atoms with Crippen LogP contribution in [-0.2, 0) is 13.1 Å². The SMILES string of the molecule is C[C@H]1CN(Cc2cn(Cc3ccccc3)nc2-c2cc3ccccc3o2)CCN1C. The maximum absolute atomic E-state index is 6.18. The lowest BCUT2D eigenvalue weighted by atomic mass is 10.1. The first kappa shape index (κ1) is 19.1. The minimum absolute atomic E-state index is 0.563. The second-order valence-electron chi connectivity index (χ2n) is 8.40. The van der Waals surface area contributed by atoms with E-state index in [-0.39, 0.29) is 0 Å². The predicted molar refractivity (Wildman–Crippen MR) is 120 cm³/mol. The summed E-state index contributed by atoms with van der Waals surface area (Å²) in [7, 11) is 2.21. The van der Waals surface area contributed by atoms with Crippen LogP contribution in [0.2, 0.25) is 0 Å². The second-order valence-corrected chi connectivity index (χ2v) is 8.40. The Morgan fingerprint density at radius 1 is 1.00 bits per heavy atom. The third-order valence-corrected chi connectivity index (χ3v) is 6.12. The Morgan fingerprint density at radius 2 is 1.80 bits per heavy atom. The fraction of sp³-hybridized carbons (Fsp3) is 0.320. The van der Waals surface area contributed by atoms with Gasteiger partial charge in [0.1, 0.15) is 11.3 Å². The van der Waals surface area contributed by atoms with Gasteiger partial charge in [-0.3, -0.25) is 9.58 Å². The van der Waals surface area contributed by atoms with Crippen LogP contribution in [0.3, 0.4) is 0 Å². The van der Waals surface area contributed by atoms with Crippen LogP contribution in [-0.4, -0.2) is 52.3 Å². The van der Waals surface area contributed by atoms with Crippen molar-refractivity contribution in [3.63, 3.8) is 0 Å². The van der Waals surface area contributed by atoms with Gasteiger partial charge < -0.3 is 9.32 Å². The third kappa shape index (κ3) is 3.91. The van der Waals surface area contributed by atoms with Gasteiger partial charge in [-0.05, 0) is 31.7 Å². The van der Waals surface area contributed by atoms with Crippen LogP contribution >= 0.6 is 0 Å². The lowest BCUT2D eigenvalue weighted by Crippen LogP contribution is -2.49. The fourth-order valence-corrected chi connectivity index (χ4v) is 4.24. The molecular formula is C25H28N4O. The minimum Gasteiger partial charge on any atom is -0.454 e. The Labute approximate surface area is 177 Å². The number of para-hydroxylation sites is 1. The van der Waals surface area contributed by atoms with E-state index in [1.807, 2.05) is 28.9 Å². The first-order valence-electron chi connectivity index (χ1n) is 10.7. The number of fused-ring (bicyclic) bond motifs is 1. The molecule has 0 amide bonds. The van der Waals surface area contributed by atoms with Gasteiger partial charge in [0.2, 0.25) is 0 Å². The molecule has 0 aliphatic carbocycles. The van der Waals surface area contributed by atoms with Crippen molar-refractivity contribution in [2.75, 3.05) is 26.7 Å². The quantitative estimate of drug-likeness (QED) is 0.495. The highest BCUT2D eigenvalue weighted by atomic mass is 16.3. The number of aromatic nitrogens is 2. The Hall–Kier alpha value is -2.89. The highest BCUT2D eigenvalue weighted by Crippen LogP contribution is 2.30. The number of hydrogen-bond acceptors (Lipinski definition) is 4. The van der Waals surface area contributed by atoms with Crippen molar-refractivity contribution in [1.29, 1.82) is 0 Å². The van der Waals surface area contributed by atoms with E-state index in [0.29, 0.717) is 6.04 Å². The molecule has 1 fully saturated rings. The number of benzene rings is 2. The largest absolute Gasteiger partial charge is 0.454 e. The normalized spacial score (nSPS) is 18.3. The number of piperazine rings is 1. The van der Waals surface area contributed by atoms with Gasteiger partial charge in [0.05, 0.1) is 6.54 Å². The summed E-state index contributed by atoms with van der Waals surface area (Å²) in [6.07, 6.45) is 2.19. The monoisotopic (exact) mass is 400 g/mol. The molecule has 2 aromatic carbocycles. The first-order chi connectivity index (χ1) is 14.7. The minimum atomic E-state index is 0.563. The molecular weight excluding hydrogens is 372 g/mol. The molecule has 1 saturated heterocycles. The maximum Gasteiger partial charge on any atom is 0.156 e. The number of likely N-dealkylation sites (N-methyl/N-ethyl adjacent to an activating group) is 1. The molecule has 1 atom stereocenters. The summed E-state index contributed by atoms with van der Waals surface area (Å²) in [5.74, 6) is 0.847. The molecule has 3 heterocycles. The fourth-order valence-electron chi connectivity index (χ4n) is 4.24. The summed E-state index contributed by atoms with van der Waals surface area (Å²) in [4.78, 5) is 4.95. The molecule has 0 N–H and O–H groups in total. The molecule has 4 aromatic rings. The molecule has 1 aliphatic heterocycles. The van der Waals surface area contributed by atoms with Gasteiger partial charge in [-0.1, -0.05) is 48.5 Å². The number of hydrogen-bond donors (Lipinski definition) is 0. The molecule has 2 aromatic heterocycles. The number of furan rings is 1. The topological polar surface area (TPSA) is 37.4 Å².